The fourth-order valence-electron chi connectivity index (χ4n) is 3.97. The van der Waals surface area contributed by atoms with Gasteiger partial charge in [-0.2, -0.15) is 0 Å². The van der Waals surface area contributed by atoms with Gasteiger partial charge in [-0.3, -0.25) is 9.69 Å². The lowest BCUT2D eigenvalue weighted by atomic mass is 9.86. The van der Waals surface area contributed by atoms with E-state index in [-0.39, 0.29) is 5.91 Å². The van der Waals surface area contributed by atoms with E-state index in [4.69, 9.17) is 22.1 Å². The summed E-state index contributed by atoms with van der Waals surface area (Å²) in [5, 5.41) is 0.388. The van der Waals surface area contributed by atoms with Gasteiger partial charge >= 0.3 is 0 Å². The van der Waals surface area contributed by atoms with E-state index in [1.165, 1.54) is 25.7 Å². The molecule has 0 bridgehead atoms. The maximum absolute atomic E-state index is 12.9. The Balaban J connectivity index is 1.63. The molecule has 5 nitrogen and oxygen atoms in total. The summed E-state index contributed by atoms with van der Waals surface area (Å²) >= 11 is 6.10. The minimum atomic E-state index is -0.0318. The van der Waals surface area contributed by atoms with Crippen molar-refractivity contribution < 1.29 is 9.53 Å². The molecule has 1 saturated heterocycles. The molecule has 2 aliphatic rings. The second kappa shape index (κ2) is 7.83. The average Bonchev–Trinajstić information content (AvgIpc) is 2.64. The zero-order valence-corrected chi connectivity index (χ0v) is 15.9. The summed E-state index contributed by atoms with van der Waals surface area (Å²) in [6.45, 7) is 5.72. The third-order valence-corrected chi connectivity index (χ3v) is 5.98. The van der Waals surface area contributed by atoms with Crippen molar-refractivity contribution in [2.75, 3.05) is 39.0 Å². The minimum Gasteiger partial charge on any atom is -0.496 e. The molecule has 0 atom stereocenters. The fraction of sp³-hybridized carbons (Fsp3) is 0.632. The van der Waals surface area contributed by atoms with Crippen molar-refractivity contribution in [2.45, 2.75) is 38.6 Å². The number of carbonyl (C=O) groups excluding carboxylic acids is 1. The Labute approximate surface area is 155 Å². The Morgan fingerprint density at radius 3 is 2.40 bits per heavy atom. The van der Waals surface area contributed by atoms with E-state index < -0.39 is 0 Å². The average molecular weight is 366 g/mol. The van der Waals surface area contributed by atoms with E-state index in [1.54, 1.807) is 19.2 Å². The van der Waals surface area contributed by atoms with Crippen molar-refractivity contribution in [1.29, 1.82) is 0 Å². The zero-order valence-electron chi connectivity index (χ0n) is 15.1. The molecule has 1 heterocycles. The van der Waals surface area contributed by atoms with Crippen LogP contribution in [0, 0.1) is 5.92 Å². The Bertz CT molecular complexity index is 621. The molecular formula is C19H28ClN3O2. The molecule has 1 aliphatic carbocycles. The molecular weight excluding hydrogens is 338 g/mol. The SMILES string of the molecule is COc1cc(N)c(Cl)cc1C(=O)N1CCN(C2CCC(C)CC2)CC1. The van der Waals surface area contributed by atoms with Gasteiger partial charge in [0.25, 0.3) is 5.91 Å². The number of nitrogen functional groups attached to an aromatic ring is 1. The van der Waals surface area contributed by atoms with Crippen LogP contribution in [0.2, 0.25) is 5.02 Å². The van der Waals surface area contributed by atoms with Crippen molar-refractivity contribution in [2.24, 2.45) is 5.92 Å². The van der Waals surface area contributed by atoms with Crippen molar-refractivity contribution in [1.82, 2.24) is 9.80 Å². The van der Waals surface area contributed by atoms with E-state index in [2.05, 4.69) is 11.8 Å². The van der Waals surface area contributed by atoms with Gasteiger partial charge in [0.15, 0.2) is 0 Å². The predicted molar refractivity (Wildman–Crippen MR) is 101 cm³/mol. The van der Waals surface area contributed by atoms with Gasteiger partial charge in [0.1, 0.15) is 5.75 Å². The maximum atomic E-state index is 12.9. The lowest BCUT2D eigenvalue weighted by Gasteiger charge is -2.41. The Morgan fingerprint density at radius 1 is 1.16 bits per heavy atom. The first-order valence-corrected chi connectivity index (χ1v) is 9.53. The number of methoxy groups -OCH3 is 1. The largest absolute Gasteiger partial charge is 0.496 e. The van der Waals surface area contributed by atoms with Gasteiger partial charge in [-0.1, -0.05) is 18.5 Å². The molecule has 1 amide bonds. The standard InChI is InChI=1S/C19H28ClN3O2/c1-13-3-5-14(6-4-13)22-7-9-23(10-8-22)19(24)15-11-16(20)17(21)12-18(15)25-2/h11-14H,3-10,21H2,1-2H3. The van der Waals surface area contributed by atoms with Gasteiger partial charge in [0.2, 0.25) is 0 Å². The molecule has 0 unspecified atom stereocenters. The molecule has 1 aromatic carbocycles. The van der Waals surface area contributed by atoms with Crippen molar-refractivity contribution in [3.8, 4) is 5.75 Å². The fourth-order valence-corrected chi connectivity index (χ4v) is 4.14. The smallest absolute Gasteiger partial charge is 0.257 e. The Kier molecular flexibility index (Phi) is 5.74. The molecule has 1 aliphatic heterocycles. The summed E-state index contributed by atoms with van der Waals surface area (Å²) < 4.78 is 5.32. The Morgan fingerprint density at radius 2 is 1.80 bits per heavy atom. The van der Waals surface area contributed by atoms with Gasteiger partial charge < -0.3 is 15.4 Å². The van der Waals surface area contributed by atoms with Crippen LogP contribution in [0.4, 0.5) is 5.69 Å². The predicted octanol–water partition coefficient (Wildman–Crippen LogP) is 3.27. The van der Waals surface area contributed by atoms with Crippen LogP contribution in [0.15, 0.2) is 12.1 Å². The molecule has 138 valence electrons. The van der Waals surface area contributed by atoms with Gasteiger partial charge in [-0.05, 0) is 37.7 Å². The highest BCUT2D eigenvalue weighted by molar-refractivity contribution is 6.33. The summed E-state index contributed by atoms with van der Waals surface area (Å²) in [6.07, 6.45) is 5.23. The number of benzene rings is 1. The molecule has 25 heavy (non-hydrogen) atoms. The quantitative estimate of drug-likeness (QED) is 0.835. The summed E-state index contributed by atoms with van der Waals surface area (Å²) in [4.78, 5) is 17.4. The summed E-state index contributed by atoms with van der Waals surface area (Å²) in [6, 6.07) is 3.93. The molecule has 2 fully saturated rings. The number of hydrogen-bond acceptors (Lipinski definition) is 4. The normalized spacial score (nSPS) is 25.0. The number of carbonyl (C=O) groups is 1. The third-order valence-electron chi connectivity index (χ3n) is 5.65. The Hall–Kier alpha value is -1.46. The van der Waals surface area contributed by atoms with Crippen LogP contribution in [0.1, 0.15) is 43.0 Å². The van der Waals surface area contributed by atoms with E-state index in [0.29, 0.717) is 28.1 Å². The zero-order chi connectivity index (χ0) is 18.0. The first-order valence-electron chi connectivity index (χ1n) is 9.16. The van der Waals surface area contributed by atoms with Crippen LogP contribution in [-0.4, -0.2) is 55.0 Å². The number of halogens is 1. The molecule has 1 aromatic rings. The number of rotatable bonds is 3. The topological polar surface area (TPSA) is 58.8 Å². The van der Waals surface area contributed by atoms with Gasteiger partial charge in [-0.25, -0.2) is 0 Å². The highest BCUT2D eigenvalue weighted by Crippen LogP contribution is 2.31. The number of nitrogens with two attached hydrogens (primary N) is 1. The van der Waals surface area contributed by atoms with Gasteiger partial charge in [0.05, 0.1) is 23.4 Å². The van der Waals surface area contributed by atoms with Crippen LogP contribution in [0.25, 0.3) is 0 Å². The first-order chi connectivity index (χ1) is 12.0. The monoisotopic (exact) mass is 365 g/mol. The third kappa shape index (κ3) is 4.04. The van der Waals surface area contributed by atoms with Crippen LogP contribution in [-0.2, 0) is 0 Å². The number of amides is 1. The molecule has 2 N–H and O–H groups in total. The van der Waals surface area contributed by atoms with Crippen molar-refractivity contribution >= 4 is 23.2 Å². The van der Waals surface area contributed by atoms with E-state index in [0.717, 1.165) is 32.1 Å². The lowest BCUT2D eigenvalue weighted by Crippen LogP contribution is -2.52. The molecule has 0 radical (unpaired) electrons. The maximum Gasteiger partial charge on any atom is 0.257 e. The number of nitrogens with zero attached hydrogens (tertiary/aromatic N) is 2. The van der Waals surface area contributed by atoms with Crippen LogP contribution < -0.4 is 10.5 Å². The second-order valence-corrected chi connectivity index (χ2v) is 7.72. The first kappa shape index (κ1) is 18.3. The number of hydrogen-bond donors (Lipinski definition) is 1. The van der Waals surface area contributed by atoms with Crippen LogP contribution in [0.5, 0.6) is 5.75 Å². The van der Waals surface area contributed by atoms with Crippen LogP contribution in [0.3, 0.4) is 0 Å². The molecule has 6 heteroatoms. The van der Waals surface area contributed by atoms with E-state index >= 15 is 0 Å². The van der Waals surface area contributed by atoms with Crippen LogP contribution >= 0.6 is 11.6 Å². The lowest BCUT2D eigenvalue weighted by molar-refractivity contribution is 0.0499. The summed E-state index contributed by atoms with van der Waals surface area (Å²) in [5.41, 5.74) is 6.72. The highest BCUT2D eigenvalue weighted by Gasteiger charge is 2.29. The summed E-state index contributed by atoms with van der Waals surface area (Å²) in [7, 11) is 1.54. The number of piperazine rings is 1. The summed E-state index contributed by atoms with van der Waals surface area (Å²) in [5.74, 6) is 1.31. The molecule has 3 rings (SSSR count). The van der Waals surface area contributed by atoms with E-state index in [1.807, 2.05) is 4.90 Å². The highest BCUT2D eigenvalue weighted by atomic mass is 35.5. The van der Waals surface area contributed by atoms with Crippen molar-refractivity contribution in [3.63, 3.8) is 0 Å². The number of anilines is 1. The van der Waals surface area contributed by atoms with E-state index in [9.17, 15) is 4.79 Å². The minimum absolute atomic E-state index is 0.0318. The molecule has 0 spiro atoms. The molecule has 1 saturated carbocycles. The van der Waals surface area contributed by atoms with Crippen molar-refractivity contribution in [3.05, 3.63) is 22.7 Å². The second-order valence-electron chi connectivity index (χ2n) is 7.32. The van der Waals surface area contributed by atoms with Gasteiger partial charge in [-0.15, -0.1) is 0 Å². The van der Waals surface area contributed by atoms with Gasteiger partial charge in [0, 0.05) is 38.3 Å². The molecule has 0 aromatic heterocycles. The number of ether oxygens (including phenoxy) is 1.